The molecule has 1 saturated heterocycles. The molecule has 7 nitrogen and oxygen atoms in total. The standard InChI is InChI=1S/C21H25N3O4/c1-3-5-10-24-18-17(19(25)23-21(24)27)15(13-8-6-12(4-2)7-9-13)16-14(22-18)11-28-20(16)26/h6-9,15,17-18,22H,3-5,10-11H2,1-2H3,(H,23,25,27). The van der Waals surface area contributed by atoms with Gasteiger partial charge in [-0.15, -0.1) is 0 Å². The molecule has 1 aromatic carbocycles. The maximum atomic E-state index is 12.9. The Hall–Kier alpha value is -2.83. The summed E-state index contributed by atoms with van der Waals surface area (Å²) in [5.74, 6) is -1.78. The summed E-state index contributed by atoms with van der Waals surface area (Å²) in [5, 5.41) is 5.76. The fourth-order valence-corrected chi connectivity index (χ4v) is 4.34. The van der Waals surface area contributed by atoms with Crippen LogP contribution in [0.15, 0.2) is 35.5 Å². The quantitative estimate of drug-likeness (QED) is 0.760. The Balaban J connectivity index is 1.79. The van der Waals surface area contributed by atoms with Gasteiger partial charge in [0.05, 0.1) is 17.2 Å². The van der Waals surface area contributed by atoms with Crippen LogP contribution in [0.4, 0.5) is 4.79 Å². The summed E-state index contributed by atoms with van der Waals surface area (Å²) in [4.78, 5) is 39.5. The molecule has 3 aliphatic heterocycles. The lowest BCUT2D eigenvalue weighted by Crippen LogP contribution is -2.67. The second-order valence-electron chi connectivity index (χ2n) is 7.50. The van der Waals surface area contributed by atoms with E-state index < -0.39 is 24.0 Å². The Morgan fingerprint density at radius 1 is 1.14 bits per heavy atom. The minimum atomic E-state index is -0.591. The number of unbranched alkanes of at least 4 members (excludes halogenated alkanes) is 1. The molecule has 3 unspecified atom stereocenters. The van der Waals surface area contributed by atoms with Crippen molar-refractivity contribution in [3.8, 4) is 0 Å². The Labute approximate surface area is 164 Å². The Morgan fingerprint density at radius 2 is 1.89 bits per heavy atom. The second-order valence-corrected chi connectivity index (χ2v) is 7.50. The maximum absolute atomic E-state index is 12.9. The van der Waals surface area contributed by atoms with Gasteiger partial charge in [0, 0.05) is 12.5 Å². The van der Waals surface area contributed by atoms with Gasteiger partial charge < -0.3 is 15.0 Å². The number of cyclic esters (lactones) is 1. The number of nitrogens with one attached hydrogen (secondary N) is 2. The van der Waals surface area contributed by atoms with Crippen LogP contribution in [0.5, 0.6) is 0 Å². The molecule has 3 aliphatic rings. The smallest absolute Gasteiger partial charge is 0.336 e. The van der Waals surface area contributed by atoms with Crippen LogP contribution in [-0.4, -0.2) is 42.1 Å². The molecule has 3 heterocycles. The predicted octanol–water partition coefficient (Wildman–Crippen LogP) is 2.04. The van der Waals surface area contributed by atoms with Crippen LogP contribution < -0.4 is 10.6 Å². The van der Waals surface area contributed by atoms with Crippen LogP contribution in [0.25, 0.3) is 0 Å². The van der Waals surface area contributed by atoms with Crippen molar-refractivity contribution in [2.45, 2.75) is 45.2 Å². The lowest BCUT2D eigenvalue weighted by Gasteiger charge is -2.46. The molecule has 0 radical (unpaired) electrons. The molecule has 1 fully saturated rings. The SMILES string of the molecule is CCCCN1C(=O)NC(=O)C2C(c3ccc(CC)cc3)C3=C(COC3=O)NC21. The first-order valence-electron chi connectivity index (χ1n) is 9.92. The molecule has 0 bridgehead atoms. The molecule has 1 aromatic rings. The molecule has 2 N–H and O–H groups in total. The third-order valence-electron chi connectivity index (χ3n) is 5.85. The van der Waals surface area contributed by atoms with Crippen LogP contribution in [-0.2, 0) is 20.7 Å². The van der Waals surface area contributed by atoms with Crippen LogP contribution in [0.2, 0.25) is 0 Å². The highest BCUT2D eigenvalue weighted by molar-refractivity contribution is 6.02. The monoisotopic (exact) mass is 383 g/mol. The number of hydrogen-bond donors (Lipinski definition) is 2. The maximum Gasteiger partial charge on any atom is 0.336 e. The Kier molecular flexibility index (Phi) is 4.83. The van der Waals surface area contributed by atoms with E-state index in [9.17, 15) is 14.4 Å². The van der Waals surface area contributed by atoms with E-state index in [-0.39, 0.29) is 18.5 Å². The van der Waals surface area contributed by atoms with Crippen molar-refractivity contribution in [1.82, 2.24) is 15.5 Å². The summed E-state index contributed by atoms with van der Waals surface area (Å²) >= 11 is 0. The number of nitrogens with zero attached hydrogens (tertiary/aromatic N) is 1. The van der Waals surface area contributed by atoms with Gasteiger partial charge in [0.2, 0.25) is 5.91 Å². The van der Waals surface area contributed by atoms with Crippen molar-refractivity contribution in [2.24, 2.45) is 5.92 Å². The van der Waals surface area contributed by atoms with Crippen LogP contribution >= 0.6 is 0 Å². The van der Waals surface area contributed by atoms with E-state index in [0.717, 1.165) is 24.8 Å². The molecule has 4 rings (SSSR count). The number of carbonyl (C=O) groups excluding carboxylic acids is 3. The minimum absolute atomic E-state index is 0.151. The zero-order chi connectivity index (χ0) is 19.8. The molecule has 0 aliphatic carbocycles. The number of rotatable bonds is 5. The third kappa shape index (κ3) is 2.95. The molecule has 3 amide bonds. The van der Waals surface area contributed by atoms with E-state index in [1.807, 2.05) is 24.3 Å². The number of imide groups is 1. The first-order valence-corrected chi connectivity index (χ1v) is 9.92. The lowest BCUT2D eigenvalue weighted by molar-refractivity contribution is -0.136. The zero-order valence-corrected chi connectivity index (χ0v) is 16.2. The number of urea groups is 1. The van der Waals surface area contributed by atoms with Gasteiger partial charge in [-0.05, 0) is 24.0 Å². The van der Waals surface area contributed by atoms with E-state index in [1.54, 1.807) is 4.90 Å². The molecule has 0 spiro atoms. The van der Waals surface area contributed by atoms with E-state index in [0.29, 0.717) is 17.8 Å². The van der Waals surface area contributed by atoms with Crippen molar-refractivity contribution in [3.05, 3.63) is 46.7 Å². The van der Waals surface area contributed by atoms with Gasteiger partial charge >= 0.3 is 12.0 Å². The summed E-state index contributed by atoms with van der Waals surface area (Å²) in [5.41, 5.74) is 3.26. The third-order valence-corrected chi connectivity index (χ3v) is 5.85. The fourth-order valence-electron chi connectivity index (χ4n) is 4.34. The van der Waals surface area contributed by atoms with E-state index >= 15 is 0 Å². The normalized spacial score (nSPS) is 26.4. The predicted molar refractivity (Wildman–Crippen MR) is 102 cm³/mol. The van der Waals surface area contributed by atoms with Crippen LogP contribution in [0.3, 0.4) is 0 Å². The first-order chi connectivity index (χ1) is 13.5. The molecule has 7 heteroatoms. The van der Waals surface area contributed by atoms with Crippen molar-refractivity contribution in [3.63, 3.8) is 0 Å². The highest BCUT2D eigenvalue weighted by atomic mass is 16.5. The number of fused-ring (bicyclic) bond motifs is 1. The van der Waals surface area contributed by atoms with Gasteiger partial charge in [-0.25, -0.2) is 9.59 Å². The summed E-state index contributed by atoms with van der Waals surface area (Å²) in [6.45, 7) is 4.83. The van der Waals surface area contributed by atoms with Crippen LogP contribution in [0, 0.1) is 5.92 Å². The Morgan fingerprint density at radius 3 is 2.57 bits per heavy atom. The van der Waals surface area contributed by atoms with Crippen molar-refractivity contribution < 1.29 is 19.1 Å². The van der Waals surface area contributed by atoms with Gasteiger partial charge in [-0.3, -0.25) is 10.1 Å². The van der Waals surface area contributed by atoms with Crippen molar-refractivity contribution in [2.75, 3.05) is 13.2 Å². The number of esters is 1. The minimum Gasteiger partial charge on any atom is -0.456 e. The molecule has 0 aromatic heterocycles. The number of hydrogen-bond acceptors (Lipinski definition) is 5. The molecule has 3 atom stereocenters. The number of benzene rings is 1. The van der Waals surface area contributed by atoms with Gasteiger partial charge in [-0.1, -0.05) is 44.5 Å². The number of ether oxygens (including phenoxy) is 1. The second kappa shape index (κ2) is 7.30. The van der Waals surface area contributed by atoms with Crippen molar-refractivity contribution in [1.29, 1.82) is 0 Å². The molecule has 28 heavy (non-hydrogen) atoms. The highest BCUT2D eigenvalue weighted by Gasteiger charge is 2.53. The summed E-state index contributed by atoms with van der Waals surface area (Å²) in [6.07, 6.45) is 2.20. The van der Waals surface area contributed by atoms with Crippen molar-refractivity contribution >= 4 is 17.9 Å². The molecular formula is C21H25N3O4. The largest absolute Gasteiger partial charge is 0.456 e. The lowest BCUT2D eigenvalue weighted by atomic mass is 9.74. The summed E-state index contributed by atoms with van der Waals surface area (Å²) in [6, 6.07) is 7.60. The van der Waals surface area contributed by atoms with Gasteiger partial charge in [0.1, 0.15) is 12.8 Å². The summed E-state index contributed by atoms with van der Waals surface area (Å²) < 4.78 is 5.27. The van der Waals surface area contributed by atoms with Gasteiger partial charge in [0.15, 0.2) is 0 Å². The number of amides is 3. The molecular weight excluding hydrogens is 358 g/mol. The topological polar surface area (TPSA) is 87.7 Å². The van der Waals surface area contributed by atoms with Gasteiger partial charge in [-0.2, -0.15) is 0 Å². The Bertz CT molecular complexity index is 846. The van der Waals surface area contributed by atoms with Gasteiger partial charge in [0.25, 0.3) is 0 Å². The molecule has 148 valence electrons. The zero-order valence-electron chi connectivity index (χ0n) is 16.2. The highest BCUT2D eigenvalue weighted by Crippen LogP contribution is 2.43. The first kappa shape index (κ1) is 18.5. The van der Waals surface area contributed by atoms with Crippen LogP contribution in [0.1, 0.15) is 43.7 Å². The average molecular weight is 383 g/mol. The fraction of sp³-hybridized carbons (Fsp3) is 0.476. The average Bonchev–Trinajstić information content (AvgIpc) is 3.07. The van der Waals surface area contributed by atoms with E-state index in [1.165, 1.54) is 5.56 Å². The summed E-state index contributed by atoms with van der Waals surface area (Å²) in [7, 11) is 0. The molecule has 0 saturated carbocycles. The van der Waals surface area contributed by atoms with E-state index in [4.69, 9.17) is 4.74 Å². The number of carbonyl (C=O) groups is 3. The van der Waals surface area contributed by atoms with E-state index in [2.05, 4.69) is 24.5 Å². The number of aryl methyl sites for hydroxylation is 1.